The third-order valence-electron chi connectivity index (χ3n) is 12.0. The summed E-state index contributed by atoms with van der Waals surface area (Å²) in [7, 11) is 4.36. The van der Waals surface area contributed by atoms with Crippen LogP contribution in [0.15, 0.2) is 84.1 Å². The molecule has 1 fully saturated rings. The monoisotopic (exact) mass is 826 g/mol. The summed E-state index contributed by atoms with van der Waals surface area (Å²) in [5.41, 5.74) is 3.55. The molecule has 6 unspecified atom stereocenters. The molecule has 14 nitrogen and oxygen atoms in total. The minimum atomic E-state index is -1.49. The Labute approximate surface area is 350 Å². The Morgan fingerprint density at radius 2 is 1.70 bits per heavy atom. The van der Waals surface area contributed by atoms with Crippen molar-refractivity contribution >= 4 is 18.1 Å². The molecule has 2 heterocycles. The fraction of sp³-hybridized carbons (Fsp3) is 0.457. The second-order valence-electron chi connectivity index (χ2n) is 15.4. The number of allylic oxidation sites excluding steroid dienone is 1. The summed E-state index contributed by atoms with van der Waals surface area (Å²) < 4.78 is 42.8. The summed E-state index contributed by atoms with van der Waals surface area (Å²) in [5.74, 6) is 0.906. The van der Waals surface area contributed by atoms with Gasteiger partial charge in [-0.15, -0.1) is 6.58 Å². The number of nitrogens with zero attached hydrogens (tertiary/aromatic N) is 2. The van der Waals surface area contributed by atoms with Crippen molar-refractivity contribution in [2.24, 2.45) is 22.9 Å². The zero-order chi connectivity index (χ0) is 42.2. The first-order chi connectivity index (χ1) is 29.3. The number of methoxy groups -OCH3 is 2. The van der Waals surface area contributed by atoms with E-state index in [1.807, 2.05) is 36.4 Å². The molecular weight excluding hydrogens is 773 g/mol. The highest BCUT2D eigenvalue weighted by molar-refractivity contribution is 6.03. The van der Waals surface area contributed by atoms with Gasteiger partial charge in [-0.25, -0.2) is 4.79 Å². The molecule has 7 rings (SSSR count). The molecule has 3 aromatic rings. The maximum absolute atomic E-state index is 14.2. The third-order valence-corrected chi connectivity index (χ3v) is 12.0. The van der Waals surface area contributed by atoms with Gasteiger partial charge in [0.15, 0.2) is 17.8 Å². The van der Waals surface area contributed by atoms with E-state index < -0.39 is 23.8 Å². The van der Waals surface area contributed by atoms with Crippen molar-refractivity contribution in [3.8, 4) is 34.5 Å². The summed E-state index contributed by atoms with van der Waals surface area (Å²) in [6.07, 6.45) is 8.67. The lowest BCUT2D eigenvalue weighted by Crippen LogP contribution is -2.70. The molecule has 2 N–H and O–H groups in total. The summed E-state index contributed by atoms with van der Waals surface area (Å²) in [6.45, 7) is 4.46. The molecule has 4 aliphatic rings. The van der Waals surface area contributed by atoms with E-state index in [2.05, 4.69) is 17.8 Å². The Bertz CT molecular complexity index is 2090. The second-order valence-corrected chi connectivity index (χ2v) is 15.4. The van der Waals surface area contributed by atoms with Gasteiger partial charge in [-0.3, -0.25) is 9.69 Å². The highest BCUT2D eigenvalue weighted by Crippen LogP contribution is 2.62. The van der Waals surface area contributed by atoms with Crippen molar-refractivity contribution in [3.05, 3.63) is 95.6 Å². The number of oxime groups is 1. The number of aliphatic hydroxyl groups is 2. The van der Waals surface area contributed by atoms with E-state index >= 15 is 0 Å². The molecule has 3 aromatic carbocycles. The summed E-state index contributed by atoms with van der Waals surface area (Å²) in [5, 5.41) is 24.4. The van der Waals surface area contributed by atoms with Gasteiger partial charge in [0.05, 0.1) is 38.0 Å². The molecule has 1 saturated carbocycles. The van der Waals surface area contributed by atoms with Gasteiger partial charge in [-0.2, -0.15) is 0 Å². The number of rotatable bonds is 19. The number of hydrogen-bond donors (Lipinski definition) is 2. The first-order valence-electron chi connectivity index (χ1n) is 20.5. The Morgan fingerprint density at radius 1 is 0.950 bits per heavy atom. The number of benzene rings is 3. The number of aldehydes is 1. The van der Waals surface area contributed by atoms with Gasteiger partial charge in [-0.05, 0) is 97.2 Å². The molecule has 6 atom stereocenters. The predicted molar refractivity (Wildman–Crippen MR) is 221 cm³/mol. The average Bonchev–Trinajstić information content (AvgIpc) is 3.74. The Morgan fingerprint density at radius 3 is 2.43 bits per heavy atom. The molecule has 320 valence electrons. The average molecular weight is 827 g/mol. The Kier molecular flexibility index (Phi) is 13.6. The third kappa shape index (κ3) is 8.41. The number of carbonyl (C=O) groups is 2. The Hall–Kier alpha value is -5.57. The molecule has 60 heavy (non-hydrogen) atoms. The normalized spacial score (nSPS) is 24.0. The highest BCUT2D eigenvalue weighted by atomic mass is 16.7. The van der Waals surface area contributed by atoms with Crippen molar-refractivity contribution < 1.29 is 57.8 Å². The van der Waals surface area contributed by atoms with Gasteiger partial charge in [-0.1, -0.05) is 36.2 Å². The first-order valence-corrected chi connectivity index (χ1v) is 20.5. The summed E-state index contributed by atoms with van der Waals surface area (Å²) in [6, 6.07) is 15.5. The van der Waals surface area contributed by atoms with Gasteiger partial charge in [0, 0.05) is 37.7 Å². The minimum Gasteiger partial charge on any atom is -0.496 e. The van der Waals surface area contributed by atoms with Crippen LogP contribution in [0.1, 0.15) is 72.3 Å². The van der Waals surface area contributed by atoms with Crippen LogP contribution >= 0.6 is 0 Å². The molecule has 0 bridgehead atoms. The quantitative estimate of drug-likeness (QED) is 0.0529. The lowest BCUT2D eigenvalue weighted by Gasteiger charge is -2.59. The SMILES string of the molecule is C=CCOC12Oc3ccc(Oc4ccc(OC)c(C=O)c4)cc3C3C(CCCCO)C(CCCCO)C=C(C(=NOC)CC1N(Cc1ccc4c(c1)OCO4)C(=O)OC)C32. The number of carbonyl (C=O) groups excluding carboxylic acids is 2. The number of amides is 1. The van der Waals surface area contributed by atoms with E-state index in [0.717, 1.165) is 48.7 Å². The number of unbranched alkanes of at least 4 members (excludes halogenated alkanes) is 2. The Balaban J connectivity index is 1.42. The molecule has 0 spiro atoms. The number of ether oxygens (including phenoxy) is 7. The van der Waals surface area contributed by atoms with Crippen LogP contribution < -0.4 is 23.7 Å². The topological polar surface area (TPSA) is 164 Å². The van der Waals surface area contributed by atoms with Gasteiger partial charge >= 0.3 is 6.09 Å². The van der Waals surface area contributed by atoms with Crippen LogP contribution in [0.4, 0.5) is 4.79 Å². The van der Waals surface area contributed by atoms with Crippen molar-refractivity contribution in [2.45, 2.75) is 69.2 Å². The summed E-state index contributed by atoms with van der Waals surface area (Å²) in [4.78, 5) is 33.3. The van der Waals surface area contributed by atoms with Gasteiger partial charge in [0.25, 0.3) is 0 Å². The lowest BCUT2D eigenvalue weighted by atomic mass is 9.55. The molecule has 0 aromatic heterocycles. The largest absolute Gasteiger partial charge is 0.496 e. The first kappa shape index (κ1) is 42.6. The van der Waals surface area contributed by atoms with Gasteiger partial charge in [0.1, 0.15) is 36.1 Å². The maximum atomic E-state index is 14.2. The van der Waals surface area contributed by atoms with Crippen LogP contribution in [0.3, 0.4) is 0 Å². The van der Waals surface area contributed by atoms with Crippen LogP contribution in [0.25, 0.3) is 0 Å². The van der Waals surface area contributed by atoms with Crippen LogP contribution in [0, 0.1) is 17.8 Å². The van der Waals surface area contributed by atoms with Crippen LogP contribution in [0.2, 0.25) is 0 Å². The zero-order valence-corrected chi connectivity index (χ0v) is 34.4. The van der Waals surface area contributed by atoms with E-state index in [1.165, 1.54) is 21.3 Å². The standard InChI is InChI=1S/C46H54N2O12/c1-5-20-58-46-42(48(45(52)54-3)26-29-12-15-40-41(21-29)57-28-56-40)25-37(47-55-4)35-23-30(10-6-8-18-49)34(11-7-9-19-50)43(44(35)46)36-24-33(14-17-39(36)60-46)59-32-13-16-38(53-2)31(22-32)27-51/h5,12-17,21-24,27,30,34,42-44,49-50H,1,6-11,18-20,25-26,28H2,2-4H3. The smallest absolute Gasteiger partial charge is 0.410 e. The highest BCUT2D eigenvalue weighted by Gasteiger charge is 2.65. The minimum absolute atomic E-state index is 0.000711. The molecule has 0 saturated heterocycles. The van der Waals surface area contributed by atoms with E-state index in [4.69, 9.17) is 38.0 Å². The molecule has 1 amide bonds. The molecule has 2 aliphatic carbocycles. The fourth-order valence-corrected chi connectivity index (χ4v) is 9.48. The number of hydrogen-bond acceptors (Lipinski definition) is 13. The predicted octanol–water partition coefficient (Wildman–Crippen LogP) is 7.56. The van der Waals surface area contributed by atoms with Crippen molar-refractivity contribution in [3.63, 3.8) is 0 Å². The van der Waals surface area contributed by atoms with Crippen molar-refractivity contribution in [1.29, 1.82) is 0 Å². The summed E-state index contributed by atoms with van der Waals surface area (Å²) >= 11 is 0. The van der Waals surface area contributed by atoms with Crippen LogP contribution in [0.5, 0.6) is 34.5 Å². The van der Waals surface area contributed by atoms with Crippen molar-refractivity contribution in [2.75, 3.05) is 47.9 Å². The van der Waals surface area contributed by atoms with Gasteiger partial charge in [0.2, 0.25) is 12.6 Å². The van der Waals surface area contributed by atoms with E-state index in [1.54, 1.807) is 29.2 Å². The molecule has 0 radical (unpaired) electrons. The molecule has 14 heteroatoms. The second kappa shape index (κ2) is 19.2. The lowest BCUT2D eigenvalue weighted by molar-refractivity contribution is -0.256. The van der Waals surface area contributed by atoms with E-state index in [0.29, 0.717) is 58.6 Å². The van der Waals surface area contributed by atoms with E-state index in [9.17, 15) is 19.8 Å². The van der Waals surface area contributed by atoms with Crippen LogP contribution in [-0.4, -0.2) is 93.0 Å². The number of fused-ring (bicyclic) bond motifs is 3. The molecule has 2 aliphatic heterocycles. The zero-order valence-electron chi connectivity index (χ0n) is 34.4. The number of aliphatic hydroxyl groups excluding tert-OH is 2. The molecular formula is C46H54N2O12. The van der Waals surface area contributed by atoms with E-state index in [-0.39, 0.29) is 57.3 Å². The van der Waals surface area contributed by atoms with Gasteiger partial charge < -0.3 is 48.2 Å². The van der Waals surface area contributed by atoms with Crippen molar-refractivity contribution in [1.82, 2.24) is 4.90 Å². The van der Waals surface area contributed by atoms with Crippen LogP contribution in [-0.2, 0) is 20.9 Å². The maximum Gasteiger partial charge on any atom is 0.410 e. The fourth-order valence-electron chi connectivity index (χ4n) is 9.48.